The Hall–Kier alpha value is -2.93. The lowest BCUT2D eigenvalue weighted by Gasteiger charge is -2.24. The Bertz CT molecular complexity index is 948. The van der Waals surface area contributed by atoms with Gasteiger partial charge in [0.25, 0.3) is 0 Å². The molecule has 132 valence electrons. The molecule has 3 heterocycles. The van der Waals surface area contributed by atoms with Gasteiger partial charge in [0.15, 0.2) is 5.82 Å². The van der Waals surface area contributed by atoms with Crippen molar-refractivity contribution in [2.24, 2.45) is 7.05 Å². The van der Waals surface area contributed by atoms with E-state index in [1.807, 2.05) is 47.8 Å². The zero-order valence-electron chi connectivity index (χ0n) is 14.2. The number of hydrogen-bond acceptors (Lipinski definition) is 4. The molecule has 0 aliphatic carbocycles. The predicted octanol–water partition coefficient (Wildman–Crippen LogP) is 3.14. The molecule has 2 amide bonds. The van der Waals surface area contributed by atoms with Gasteiger partial charge in [0.05, 0.1) is 6.42 Å². The van der Waals surface area contributed by atoms with Crippen molar-refractivity contribution in [3.05, 3.63) is 63.8 Å². The molecule has 0 radical (unpaired) electrons. The van der Waals surface area contributed by atoms with Crippen molar-refractivity contribution in [3.8, 4) is 0 Å². The fourth-order valence-electron chi connectivity index (χ4n) is 3.30. The van der Waals surface area contributed by atoms with Gasteiger partial charge in [0, 0.05) is 29.8 Å². The molecule has 1 atom stereocenters. The van der Waals surface area contributed by atoms with Gasteiger partial charge in [-0.3, -0.25) is 14.3 Å². The van der Waals surface area contributed by atoms with Crippen molar-refractivity contribution in [1.82, 2.24) is 9.78 Å². The van der Waals surface area contributed by atoms with Crippen molar-refractivity contribution < 1.29 is 9.59 Å². The molecule has 0 fully saturated rings. The molecule has 7 heteroatoms. The Balaban J connectivity index is 1.68. The highest BCUT2D eigenvalue weighted by Crippen LogP contribution is 2.41. The standard InChI is InChI=1S/C19H18N4O2S/c1-23-19-17(14(11-16(25)21-19)12-6-3-2-4-7-12)18(22-23)20-15(24)10-13-8-5-9-26-13/h2-9,14H,10-11H2,1H3,(H,21,25)(H,20,22,24)/t14-/m1/s1. The van der Waals surface area contributed by atoms with Crippen LogP contribution >= 0.6 is 11.3 Å². The van der Waals surface area contributed by atoms with Gasteiger partial charge in [-0.05, 0) is 17.0 Å². The summed E-state index contributed by atoms with van der Waals surface area (Å²) in [6.07, 6.45) is 0.641. The number of thiophene rings is 1. The SMILES string of the molecule is Cn1nc(NC(=O)Cc2cccs2)c2c1NC(=O)C[C@@H]2c1ccccc1. The van der Waals surface area contributed by atoms with Gasteiger partial charge in [0.2, 0.25) is 11.8 Å². The average Bonchev–Trinajstić information content (AvgIpc) is 3.24. The molecule has 0 saturated heterocycles. The van der Waals surface area contributed by atoms with Crippen LogP contribution in [0.1, 0.15) is 28.3 Å². The highest BCUT2D eigenvalue weighted by atomic mass is 32.1. The Kier molecular flexibility index (Phi) is 4.30. The monoisotopic (exact) mass is 366 g/mol. The maximum Gasteiger partial charge on any atom is 0.230 e. The van der Waals surface area contributed by atoms with Crippen LogP contribution in [0.25, 0.3) is 0 Å². The van der Waals surface area contributed by atoms with Crippen LogP contribution in [0.4, 0.5) is 11.6 Å². The van der Waals surface area contributed by atoms with Gasteiger partial charge < -0.3 is 10.6 Å². The molecule has 3 aromatic rings. The number of aryl methyl sites for hydroxylation is 1. The van der Waals surface area contributed by atoms with E-state index >= 15 is 0 Å². The van der Waals surface area contributed by atoms with Crippen LogP contribution in [-0.4, -0.2) is 21.6 Å². The summed E-state index contributed by atoms with van der Waals surface area (Å²) in [5.74, 6) is 0.855. The van der Waals surface area contributed by atoms with Crippen molar-refractivity contribution in [1.29, 1.82) is 0 Å². The smallest absolute Gasteiger partial charge is 0.230 e. The first-order valence-electron chi connectivity index (χ1n) is 8.35. The summed E-state index contributed by atoms with van der Waals surface area (Å²) < 4.78 is 1.61. The van der Waals surface area contributed by atoms with Crippen molar-refractivity contribution in [2.45, 2.75) is 18.8 Å². The molecule has 1 aromatic carbocycles. The summed E-state index contributed by atoms with van der Waals surface area (Å²) in [6.45, 7) is 0. The minimum atomic E-state index is -0.134. The Morgan fingerprint density at radius 1 is 1.31 bits per heavy atom. The summed E-state index contributed by atoms with van der Waals surface area (Å²) in [5.41, 5.74) is 1.89. The molecule has 1 aliphatic heterocycles. The number of nitrogens with one attached hydrogen (secondary N) is 2. The fourth-order valence-corrected chi connectivity index (χ4v) is 4.00. The topological polar surface area (TPSA) is 76.0 Å². The second kappa shape index (κ2) is 6.76. The summed E-state index contributed by atoms with van der Waals surface area (Å²) in [6, 6.07) is 13.7. The van der Waals surface area contributed by atoms with E-state index in [1.165, 1.54) is 0 Å². The van der Waals surface area contributed by atoms with E-state index in [0.29, 0.717) is 24.5 Å². The first-order valence-corrected chi connectivity index (χ1v) is 9.23. The minimum absolute atomic E-state index is 0.0502. The number of nitrogens with zero attached hydrogens (tertiary/aromatic N) is 2. The van der Waals surface area contributed by atoms with Gasteiger partial charge in [-0.15, -0.1) is 11.3 Å². The summed E-state index contributed by atoms with van der Waals surface area (Å²) >= 11 is 1.55. The normalized spacial score (nSPS) is 16.0. The molecule has 4 rings (SSSR count). The number of carbonyl (C=O) groups excluding carboxylic acids is 2. The number of fused-ring (bicyclic) bond motifs is 1. The Morgan fingerprint density at radius 3 is 2.85 bits per heavy atom. The molecule has 0 saturated carbocycles. The lowest BCUT2D eigenvalue weighted by atomic mass is 9.86. The minimum Gasteiger partial charge on any atom is -0.311 e. The van der Waals surface area contributed by atoms with Crippen LogP contribution < -0.4 is 10.6 Å². The molecule has 2 aromatic heterocycles. The number of amides is 2. The molecule has 0 bridgehead atoms. The Labute approximate surface area is 154 Å². The van der Waals surface area contributed by atoms with Gasteiger partial charge in [-0.2, -0.15) is 5.10 Å². The van der Waals surface area contributed by atoms with E-state index in [1.54, 1.807) is 23.1 Å². The zero-order valence-corrected chi connectivity index (χ0v) is 15.0. The second-order valence-corrected chi connectivity index (χ2v) is 7.29. The van der Waals surface area contributed by atoms with Crippen LogP contribution in [0, 0.1) is 0 Å². The molecular weight excluding hydrogens is 348 g/mol. The first-order chi connectivity index (χ1) is 12.6. The van der Waals surface area contributed by atoms with E-state index in [-0.39, 0.29) is 17.7 Å². The third-order valence-electron chi connectivity index (χ3n) is 4.45. The third-order valence-corrected chi connectivity index (χ3v) is 5.33. The van der Waals surface area contributed by atoms with Crippen LogP contribution in [0.15, 0.2) is 47.8 Å². The van der Waals surface area contributed by atoms with Crippen molar-refractivity contribution in [2.75, 3.05) is 10.6 Å². The highest BCUT2D eigenvalue weighted by Gasteiger charge is 2.33. The lowest BCUT2D eigenvalue weighted by Crippen LogP contribution is -2.25. The maximum atomic E-state index is 12.4. The summed E-state index contributed by atoms with van der Waals surface area (Å²) in [4.78, 5) is 25.6. The number of benzene rings is 1. The third kappa shape index (κ3) is 3.13. The molecule has 0 spiro atoms. The van der Waals surface area contributed by atoms with Gasteiger partial charge in [0.1, 0.15) is 5.82 Å². The average molecular weight is 366 g/mol. The molecule has 26 heavy (non-hydrogen) atoms. The van der Waals surface area contributed by atoms with Crippen molar-refractivity contribution >= 4 is 34.8 Å². The van der Waals surface area contributed by atoms with E-state index in [0.717, 1.165) is 16.0 Å². The Morgan fingerprint density at radius 2 is 2.12 bits per heavy atom. The van der Waals surface area contributed by atoms with Crippen LogP contribution in [-0.2, 0) is 23.1 Å². The molecule has 2 N–H and O–H groups in total. The quantitative estimate of drug-likeness (QED) is 0.745. The van der Waals surface area contributed by atoms with Crippen LogP contribution in [0.2, 0.25) is 0 Å². The van der Waals surface area contributed by atoms with Crippen LogP contribution in [0.3, 0.4) is 0 Å². The molecule has 1 aliphatic rings. The second-order valence-electron chi connectivity index (χ2n) is 6.25. The number of anilines is 2. The zero-order chi connectivity index (χ0) is 18.1. The fraction of sp³-hybridized carbons (Fsp3) is 0.211. The van der Waals surface area contributed by atoms with E-state index in [2.05, 4.69) is 15.7 Å². The van der Waals surface area contributed by atoms with E-state index in [4.69, 9.17) is 0 Å². The van der Waals surface area contributed by atoms with Gasteiger partial charge in [-0.1, -0.05) is 36.4 Å². The van der Waals surface area contributed by atoms with Crippen LogP contribution in [0.5, 0.6) is 0 Å². The van der Waals surface area contributed by atoms with Gasteiger partial charge >= 0.3 is 0 Å². The molecule has 0 unspecified atom stereocenters. The number of hydrogen-bond donors (Lipinski definition) is 2. The van der Waals surface area contributed by atoms with Gasteiger partial charge in [-0.25, -0.2) is 0 Å². The largest absolute Gasteiger partial charge is 0.311 e. The van der Waals surface area contributed by atoms with E-state index in [9.17, 15) is 9.59 Å². The molecule has 6 nitrogen and oxygen atoms in total. The maximum absolute atomic E-state index is 12.4. The number of aromatic nitrogens is 2. The lowest BCUT2D eigenvalue weighted by molar-refractivity contribution is -0.117. The number of carbonyl (C=O) groups is 2. The van der Waals surface area contributed by atoms with E-state index < -0.39 is 0 Å². The highest BCUT2D eigenvalue weighted by molar-refractivity contribution is 7.10. The summed E-state index contributed by atoms with van der Waals surface area (Å²) in [5, 5.41) is 12.2. The number of rotatable bonds is 4. The van der Waals surface area contributed by atoms with Crippen molar-refractivity contribution in [3.63, 3.8) is 0 Å². The first kappa shape index (κ1) is 16.5. The predicted molar refractivity (Wildman–Crippen MR) is 101 cm³/mol. The molecular formula is C19H18N4O2S. The summed E-state index contributed by atoms with van der Waals surface area (Å²) in [7, 11) is 1.77.